The van der Waals surface area contributed by atoms with Crippen molar-refractivity contribution in [3.8, 4) is 0 Å². The number of nitrogens with zero attached hydrogens (tertiary/aromatic N) is 1. The Morgan fingerprint density at radius 2 is 2.29 bits per heavy atom. The third kappa shape index (κ3) is 3.80. The molecule has 24 heavy (non-hydrogen) atoms. The summed E-state index contributed by atoms with van der Waals surface area (Å²) in [6, 6.07) is 5.07. The fourth-order valence-corrected chi connectivity index (χ4v) is 3.73. The number of rotatable bonds is 4. The summed E-state index contributed by atoms with van der Waals surface area (Å²) < 4.78 is 5.06. The quantitative estimate of drug-likeness (QED) is 0.867. The van der Waals surface area contributed by atoms with E-state index in [2.05, 4.69) is 5.32 Å². The molecule has 1 unspecified atom stereocenters. The minimum atomic E-state index is -0.320. The molecular formula is C16H20ClN3O3S. The van der Waals surface area contributed by atoms with Crippen LogP contribution in [0, 0.1) is 12.8 Å². The second kappa shape index (κ2) is 7.83. The second-order valence-electron chi connectivity index (χ2n) is 5.70. The Bertz CT molecular complexity index is 714. The van der Waals surface area contributed by atoms with Crippen molar-refractivity contribution in [2.24, 2.45) is 11.7 Å². The predicted octanol–water partition coefficient (Wildman–Crippen LogP) is 2.74. The van der Waals surface area contributed by atoms with Gasteiger partial charge < -0.3 is 20.4 Å². The first-order valence-corrected chi connectivity index (χ1v) is 8.34. The number of amides is 2. The van der Waals surface area contributed by atoms with Crippen LogP contribution in [0.4, 0.5) is 5.00 Å². The molecule has 3 rings (SSSR count). The molecule has 0 aromatic carbocycles. The molecule has 8 heteroatoms. The van der Waals surface area contributed by atoms with Gasteiger partial charge in [-0.3, -0.25) is 9.59 Å². The van der Waals surface area contributed by atoms with Gasteiger partial charge in [0, 0.05) is 13.1 Å². The highest BCUT2D eigenvalue weighted by atomic mass is 35.5. The Labute approximate surface area is 150 Å². The number of hydrogen-bond acceptors (Lipinski definition) is 5. The molecule has 2 aromatic rings. The van der Waals surface area contributed by atoms with Crippen LogP contribution in [-0.4, -0.2) is 36.3 Å². The monoisotopic (exact) mass is 369 g/mol. The first-order valence-electron chi connectivity index (χ1n) is 7.53. The highest BCUT2D eigenvalue weighted by Gasteiger charge is 2.28. The second-order valence-corrected chi connectivity index (χ2v) is 6.75. The van der Waals surface area contributed by atoms with E-state index < -0.39 is 0 Å². The molecule has 6 nitrogen and oxygen atoms in total. The molecule has 3 heterocycles. The lowest BCUT2D eigenvalue weighted by Crippen LogP contribution is -2.29. The van der Waals surface area contributed by atoms with E-state index in [1.54, 1.807) is 12.1 Å². The van der Waals surface area contributed by atoms with Gasteiger partial charge in [0.15, 0.2) is 5.76 Å². The van der Waals surface area contributed by atoms with Crippen LogP contribution >= 0.6 is 23.7 Å². The standard InChI is InChI=1S/C16H19N3O3S.ClH/c1-10-7-13(18-15(20)12-3-2-6-22-12)23-14(10)16(21)19-5-4-11(8-17)9-19;/h2-3,6-7,11H,4-5,8-9,17H2,1H3,(H,18,20);1H. The smallest absolute Gasteiger partial charge is 0.291 e. The number of aryl methyl sites for hydroxylation is 1. The molecule has 0 bridgehead atoms. The van der Waals surface area contributed by atoms with Crippen LogP contribution in [0.25, 0.3) is 0 Å². The molecule has 1 fully saturated rings. The lowest BCUT2D eigenvalue weighted by Gasteiger charge is -2.15. The molecule has 0 aliphatic carbocycles. The molecule has 1 saturated heterocycles. The van der Waals surface area contributed by atoms with Gasteiger partial charge in [-0.15, -0.1) is 23.7 Å². The normalized spacial score (nSPS) is 16.8. The number of carbonyl (C=O) groups excluding carboxylic acids is 2. The molecule has 2 aromatic heterocycles. The van der Waals surface area contributed by atoms with E-state index in [0.717, 1.165) is 18.5 Å². The van der Waals surface area contributed by atoms with E-state index in [-0.39, 0.29) is 30.0 Å². The molecule has 130 valence electrons. The number of halogens is 1. The number of likely N-dealkylation sites (tertiary alicyclic amines) is 1. The lowest BCUT2D eigenvalue weighted by molar-refractivity contribution is 0.0791. The Hall–Kier alpha value is -1.83. The number of carbonyl (C=O) groups is 2. The molecule has 0 saturated carbocycles. The summed E-state index contributed by atoms with van der Waals surface area (Å²) >= 11 is 1.29. The first-order chi connectivity index (χ1) is 11.1. The maximum Gasteiger partial charge on any atom is 0.291 e. The van der Waals surface area contributed by atoms with Gasteiger partial charge in [0.05, 0.1) is 16.1 Å². The van der Waals surface area contributed by atoms with Crippen molar-refractivity contribution in [1.82, 2.24) is 4.90 Å². The Morgan fingerprint density at radius 1 is 1.50 bits per heavy atom. The van der Waals surface area contributed by atoms with Gasteiger partial charge in [0.2, 0.25) is 0 Å². The first kappa shape index (κ1) is 18.5. The Balaban J connectivity index is 0.00000208. The van der Waals surface area contributed by atoms with Crippen LogP contribution in [-0.2, 0) is 0 Å². The molecule has 1 aliphatic heterocycles. The van der Waals surface area contributed by atoms with Gasteiger partial charge in [0.25, 0.3) is 11.8 Å². The van der Waals surface area contributed by atoms with Crippen LogP contribution in [0.15, 0.2) is 28.9 Å². The topological polar surface area (TPSA) is 88.6 Å². The van der Waals surface area contributed by atoms with Crippen LogP contribution < -0.4 is 11.1 Å². The maximum absolute atomic E-state index is 12.6. The van der Waals surface area contributed by atoms with Crippen molar-refractivity contribution in [3.05, 3.63) is 40.7 Å². The fraction of sp³-hybridized carbons (Fsp3) is 0.375. The molecule has 0 spiro atoms. The zero-order valence-corrected chi connectivity index (χ0v) is 14.9. The third-order valence-electron chi connectivity index (χ3n) is 4.00. The van der Waals surface area contributed by atoms with Gasteiger partial charge in [-0.2, -0.15) is 0 Å². The van der Waals surface area contributed by atoms with Gasteiger partial charge >= 0.3 is 0 Å². The van der Waals surface area contributed by atoms with Crippen molar-refractivity contribution in [1.29, 1.82) is 0 Å². The largest absolute Gasteiger partial charge is 0.459 e. The van der Waals surface area contributed by atoms with E-state index in [9.17, 15) is 9.59 Å². The fourth-order valence-electron chi connectivity index (χ4n) is 2.69. The van der Waals surface area contributed by atoms with Gasteiger partial charge in [-0.05, 0) is 49.6 Å². The maximum atomic E-state index is 12.6. The Kier molecular flexibility index (Phi) is 6.04. The SMILES string of the molecule is Cc1cc(NC(=O)c2ccco2)sc1C(=O)N1CCC(CN)C1.Cl. The number of anilines is 1. The zero-order valence-electron chi connectivity index (χ0n) is 13.3. The van der Waals surface area contributed by atoms with E-state index in [1.165, 1.54) is 17.6 Å². The van der Waals surface area contributed by atoms with E-state index in [1.807, 2.05) is 17.9 Å². The lowest BCUT2D eigenvalue weighted by atomic mass is 10.1. The minimum Gasteiger partial charge on any atom is -0.459 e. The average molecular weight is 370 g/mol. The molecule has 1 atom stereocenters. The molecule has 3 N–H and O–H groups in total. The van der Waals surface area contributed by atoms with Crippen LogP contribution in [0.2, 0.25) is 0 Å². The van der Waals surface area contributed by atoms with Gasteiger partial charge in [-0.1, -0.05) is 0 Å². The van der Waals surface area contributed by atoms with Crippen LogP contribution in [0.5, 0.6) is 0 Å². The Morgan fingerprint density at radius 3 is 2.92 bits per heavy atom. The van der Waals surface area contributed by atoms with Crippen LogP contribution in [0.3, 0.4) is 0 Å². The average Bonchev–Trinajstić information content (AvgIpc) is 3.27. The highest BCUT2D eigenvalue weighted by Crippen LogP contribution is 2.29. The van der Waals surface area contributed by atoms with E-state index in [4.69, 9.17) is 10.2 Å². The van der Waals surface area contributed by atoms with Gasteiger partial charge in [0.1, 0.15) is 0 Å². The number of furan rings is 1. The van der Waals surface area contributed by atoms with Crippen molar-refractivity contribution in [3.63, 3.8) is 0 Å². The summed E-state index contributed by atoms with van der Waals surface area (Å²) in [5.74, 6) is 0.327. The van der Waals surface area contributed by atoms with E-state index >= 15 is 0 Å². The number of nitrogens with one attached hydrogen (secondary N) is 1. The molecular weight excluding hydrogens is 350 g/mol. The van der Waals surface area contributed by atoms with Crippen molar-refractivity contribution in [2.45, 2.75) is 13.3 Å². The molecule has 0 radical (unpaired) electrons. The van der Waals surface area contributed by atoms with Crippen LogP contribution in [0.1, 0.15) is 32.2 Å². The van der Waals surface area contributed by atoms with Gasteiger partial charge in [-0.25, -0.2) is 0 Å². The number of thiophene rings is 1. The summed E-state index contributed by atoms with van der Waals surface area (Å²) in [5.41, 5.74) is 6.54. The summed E-state index contributed by atoms with van der Waals surface area (Å²) in [4.78, 5) is 27.1. The molecule has 1 aliphatic rings. The van der Waals surface area contributed by atoms with Crippen molar-refractivity contribution < 1.29 is 14.0 Å². The number of hydrogen-bond donors (Lipinski definition) is 2. The molecule has 2 amide bonds. The zero-order chi connectivity index (χ0) is 16.4. The highest BCUT2D eigenvalue weighted by molar-refractivity contribution is 7.18. The summed E-state index contributed by atoms with van der Waals surface area (Å²) in [6.45, 7) is 3.94. The summed E-state index contributed by atoms with van der Waals surface area (Å²) in [5, 5.41) is 3.41. The predicted molar refractivity (Wildman–Crippen MR) is 96.0 cm³/mol. The van der Waals surface area contributed by atoms with Crippen molar-refractivity contribution >= 4 is 40.6 Å². The van der Waals surface area contributed by atoms with Crippen molar-refractivity contribution in [2.75, 3.05) is 25.0 Å². The minimum absolute atomic E-state index is 0. The summed E-state index contributed by atoms with van der Waals surface area (Å²) in [6.07, 6.45) is 2.40. The third-order valence-corrected chi connectivity index (χ3v) is 5.14. The summed E-state index contributed by atoms with van der Waals surface area (Å²) in [7, 11) is 0. The van der Waals surface area contributed by atoms with E-state index in [0.29, 0.717) is 28.9 Å². The number of nitrogens with two attached hydrogens (primary N) is 1.